The van der Waals surface area contributed by atoms with Gasteiger partial charge in [-0.3, -0.25) is 9.59 Å². The van der Waals surface area contributed by atoms with Crippen LogP contribution in [0.2, 0.25) is 0 Å². The van der Waals surface area contributed by atoms with Crippen molar-refractivity contribution in [3.05, 3.63) is 88.5 Å². The molecule has 0 saturated heterocycles. The maximum atomic E-state index is 13.0. The van der Waals surface area contributed by atoms with Gasteiger partial charge in [-0.2, -0.15) is 18.3 Å². The Balaban J connectivity index is 1.64. The molecule has 2 heterocycles. The second kappa shape index (κ2) is 8.31. The lowest BCUT2D eigenvalue weighted by atomic mass is 10.1. The molecule has 2 aromatic heterocycles. The van der Waals surface area contributed by atoms with Crippen molar-refractivity contribution in [3.63, 3.8) is 0 Å². The highest BCUT2D eigenvalue weighted by Crippen LogP contribution is 2.30. The first kappa shape index (κ1) is 21.3. The topological polar surface area (TPSA) is 88.6 Å². The van der Waals surface area contributed by atoms with E-state index in [4.69, 9.17) is 0 Å². The molecular formula is C22H17F3N4O3. The predicted octanol–water partition coefficient (Wildman–Crippen LogP) is 3.31. The zero-order valence-corrected chi connectivity index (χ0v) is 16.5. The van der Waals surface area contributed by atoms with Crippen LogP contribution in [-0.4, -0.2) is 25.2 Å². The van der Waals surface area contributed by atoms with Gasteiger partial charge in [0.05, 0.1) is 17.9 Å². The van der Waals surface area contributed by atoms with Crippen LogP contribution in [0.1, 0.15) is 11.1 Å². The molecule has 164 valence electrons. The fraction of sp³-hybridized carbons (Fsp3) is 0.136. The normalized spacial score (nSPS) is 11.6. The molecular weight excluding hydrogens is 425 g/mol. The Kier molecular flexibility index (Phi) is 5.54. The molecule has 0 spiro atoms. The van der Waals surface area contributed by atoms with Crippen molar-refractivity contribution in [2.45, 2.75) is 19.3 Å². The number of aliphatic hydroxyl groups is 1. The number of carbonyl (C=O) groups is 1. The van der Waals surface area contributed by atoms with Crippen LogP contribution in [0.25, 0.3) is 16.8 Å². The number of halogens is 3. The lowest BCUT2D eigenvalue weighted by Crippen LogP contribution is -2.28. The third-order valence-corrected chi connectivity index (χ3v) is 4.85. The standard InChI is InChI=1S/C22H17F3N4O3/c23-22(24,25)15-7-4-8-16(11-15)26-18(31)12-28-9-10-29-20(21(28)32)17(13-30)19(27-29)14-5-2-1-3-6-14/h1-11,30H,12-13H2,(H,26,31). The third-order valence-electron chi connectivity index (χ3n) is 4.85. The number of benzene rings is 2. The van der Waals surface area contributed by atoms with Crippen LogP contribution in [0, 0.1) is 0 Å². The summed E-state index contributed by atoms with van der Waals surface area (Å²) in [4.78, 5) is 25.4. The van der Waals surface area contributed by atoms with Crippen molar-refractivity contribution in [3.8, 4) is 11.3 Å². The van der Waals surface area contributed by atoms with E-state index in [0.29, 0.717) is 16.8 Å². The SMILES string of the molecule is O=C(Cn1ccn2nc(-c3ccccc3)c(CO)c2c1=O)Nc1cccc(C(F)(F)F)c1. The number of anilines is 1. The molecule has 0 fully saturated rings. The predicted molar refractivity (Wildman–Crippen MR) is 111 cm³/mol. The van der Waals surface area contributed by atoms with E-state index in [1.165, 1.54) is 29.0 Å². The Morgan fingerprint density at radius 2 is 1.81 bits per heavy atom. The number of aromatic nitrogens is 3. The average molecular weight is 442 g/mol. The zero-order chi connectivity index (χ0) is 22.9. The van der Waals surface area contributed by atoms with Crippen LogP contribution in [0.4, 0.5) is 18.9 Å². The van der Waals surface area contributed by atoms with Gasteiger partial charge >= 0.3 is 6.18 Å². The number of carbonyl (C=O) groups excluding carboxylic acids is 1. The summed E-state index contributed by atoms with van der Waals surface area (Å²) in [5.74, 6) is -0.677. The lowest BCUT2D eigenvalue weighted by Gasteiger charge is -2.11. The van der Waals surface area contributed by atoms with E-state index in [2.05, 4.69) is 10.4 Å². The van der Waals surface area contributed by atoms with Gasteiger partial charge < -0.3 is 15.0 Å². The minimum Gasteiger partial charge on any atom is -0.392 e. The van der Waals surface area contributed by atoms with Crippen molar-refractivity contribution in [2.24, 2.45) is 0 Å². The molecule has 1 amide bonds. The summed E-state index contributed by atoms with van der Waals surface area (Å²) < 4.78 is 41.0. The van der Waals surface area contributed by atoms with Gasteiger partial charge in [0.25, 0.3) is 5.56 Å². The van der Waals surface area contributed by atoms with E-state index in [-0.39, 0.29) is 11.2 Å². The highest BCUT2D eigenvalue weighted by Gasteiger charge is 2.30. The molecule has 4 rings (SSSR count). The van der Waals surface area contributed by atoms with Crippen LogP contribution in [0.5, 0.6) is 0 Å². The van der Waals surface area contributed by atoms with Crippen LogP contribution >= 0.6 is 0 Å². The van der Waals surface area contributed by atoms with Crippen molar-refractivity contribution in [1.29, 1.82) is 0 Å². The van der Waals surface area contributed by atoms with E-state index in [1.54, 1.807) is 24.3 Å². The molecule has 0 unspecified atom stereocenters. The maximum absolute atomic E-state index is 13.0. The van der Waals surface area contributed by atoms with Gasteiger partial charge in [-0.1, -0.05) is 36.4 Å². The molecule has 0 aliphatic heterocycles. The minimum atomic E-state index is -4.54. The Hall–Kier alpha value is -3.92. The summed E-state index contributed by atoms with van der Waals surface area (Å²) in [6.07, 6.45) is -1.72. The number of nitrogens with zero attached hydrogens (tertiary/aromatic N) is 3. The number of aliphatic hydroxyl groups excluding tert-OH is 1. The molecule has 10 heteroatoms. The summed E-state index contributed by atoms with van der Waals surface area (Å²) >= 11 is 0. The summed E-state index contributed by atoms with van der Waals surface area (Å²) in [6.45, 7) is -0.869. The summed E-state index contributed by atoms with van der Waals surface area (Å²) in [7, 11) is 0. The lowest BCUT2D eigenvalue weighted by molar-refractivity contribution is -0.137. The van der Waals surface area contributed by atoms with E-state index in [9.17, 15) is 27.9 Å². The fourth-order valence-electron chi connectivity index (χ4n) is 3.38. The second-order valence-corrected chi connectivity index (χ2v) is 7.00. The Labute approximate surface area is 179 Å². The highest BCUT2D eigenvalue weighted by molar-refractivity contribution is 5.90. The molecule has 0 radical (unpaired) electrons. The molecule has 0 aliphatic carbocycles. The zero-order valence-electron chi connectivity index (χ0n) is 16.5. The number of nitrogens with one attached hydrogen (secondary N) is 1. The first-order chi connectivity index (χ1) is 15.3. The highest BCUT2D eigenvalue weighted by atomic mass is 19.4. The van der Waals surface area contributed by atoms with Crippen molar-refractivity contribution >= 4 is 17.1 Å². The van der Waals surface area contributed by atoms with Gasteiger partial charge in [-0.25, -0.2) is 4.52 Å². The van der Waals surface area contributed by atoms with Crippen molar-refractivity contribution in [1.82, 2.24) is 14.2 Å². The molecule has 0 atom stereocenters. The minimum absolute atomic E-state index is 0.0364. The molecule has 0 aliphatic rings. The molecule has 4 aromatic rings. The first-order valence-corrected chi connectivity index (χ1v) is 9.52. The van der Waals surface area contributed by atoms with Gasteiger partial charge in [-0.15, -0.1) is 0 Å². The number of alkyl halides is 3. The molecule has 0 bridgehead atoms. The number of hydrogen-bond donors (Lipinski definition) is 2. The smallest absolute Gasteiger partial charge is 0.392 e. The number of fused-ring (bicyclic) bond motifs is 1. The van der Waals surface area contributed by atoms with Gasteiger partial charge in [0.1, 0.15) is 12.1 Å². The number of amides is 1. The van der Waals surface area contributed by atoms with E-state index in [0.717, 1.165) is 16.7 Å². The van der Waals surface area contributed by atoms with Crippen LogP contribution < -0.4 is 10.9 Å². The van der Waals surface area contributed by atoms with Crippen LogP contribution in [0.15, 0.2) is 71.8 Å². The second-order valence-electron chi connectivity index (χ2n) is 7.00. The molecule has 32 heavy (non-hydrogen) atoms. The Morgan fingerprint density at radius 1 is 1.06 bits per heavy atom. The molecule has 0 saturated carbocycles. The molecule has 7 nitrogen and oxygen atoms in total. The largest absolute Gasteiger partial charge is 0.416 e. The first-order valence-electron chi connectivity index (χ1n) is 9.52. The van der Waals surface area contributed by atoms with E-state index in [1.807, 2.05) is 6.07 Å². The monoisotopic (exact) mass is 442 g/mol. The van der Waals surface area contributed by atoms with E-state index < -0.39 is 36.4 Å². The van der Waals surface area contributed by atoms with Crippen LogP contribution in [0.3, 0.4) is 0 Å². The third kappa shape index (κ3) is 4.12. The summed E-state index contributed by atoms with van der Waals surface area (Å²) in [5, 5.41) is 16.6. The average Bonchev–Trinajstić information content (AvgIpc) is 3.15. The summed E-state index contributed by atoms with van der Waals surface area (Å²) in [5.41, 5.74) is 0.0877. The quantitative estimate of drug-likeness (QED) is 0.496. The van der Waals surface area contributed by atoms with Crippen LogP contribution in [-0.2, 0) is 24.1 Å². The van der Waals surface area contributed by atoms with Crippen molar-refractivity contribution < 1.29 is 23.1 Å². The molecule has 2 aromatic carbocycles. The van der Waals surface area contributed by atoms with E-state index >= 15 is 0 Å². The van der Waals surface area contributed by atoms with Gasteiger partial charge in [-0.05, 0) is 18.2 Å². The van der Waals surface area contributed by atoms with Gasteiger partial charge in [0.2, 0.25) is 5.91 Å². The number of rotatable bonds is 5. The fourth-order valence-corrected chi connectivity index (χ4v) is 3.38. The summed E-state index contributed by atoms with van der Waals surface area (Å²) in [6, 6.07) is 13.2. The molecule has 2 N–H and O–H groups in total. The van der Waals surface area contributed by atoms with Gasteiger partial charge in [0, 0.05) is 29.2 Å². The van der Waals surface area contributed by atoms with Crippen molar-refractivity contribution in [2.75, 3.05) is 5.32 Å². The Bertz CT molecular complexity index is 1340. The number of hydrogen-bond acceptors (Lipinski definition) is 4. The Morgan fingerprint density at radius 3 is 2.50 bits per heavy atom. The van der Waals surface area contributed by atoms with Gasteiger partial charge in [0.15, 0.2) is 0 Å². The maximum Gasteiger partial charge on any atom is 0.416 e.